The molecular formula is C33H42Br2ClF3N6O4. The average molecular weight is 840 g/mol. The quantitative estimate of drug-likeness (QED) is 0.186. The van der Waals surface area contributed by atoms with Gasteiger partial charge >= 0.3 is 0 Å². The summed E-state index contributed by atoms with van der Waals surface area (Å²) in [6.45, 7) is 4.53. The van der Waals surface area contributed by atoms with Crippen molar-refractivity contribution in [3.63, 3.8) is 0 Å². The highest BCUT2D eigenvalue weighted by Crippen LogP contribution is 2.35. The Kier molecular flexibility index (Phi) is 16.0. The third kappa shape index (κ3) is 11.3. The van der Waals surface area contributed by atoms with E-state index in [0.717, 1.165) is 15.5 Å². The van der Waals surface area contributed by atoms with Crippen LogP contribution in [0.25, 0.3) is 21.8 Å². The van der Waals surface area contributed by atoms with Gasteiger partial charge in [0.05, 0.1) is 43.5 Å². The molecule has 2 fully saturated rings. The molecule has 4 heterocycles. The van der Waals surface area contributed by atoms with Crippen molar-refractivity contribution in [1.82, 2.24) is 30.2 Å². The van der Waals surface area contributed by atoms with Crippen molar-refractivity contribution in [2.24, 2.45) is 0 Å². The standard InChI is InChI=1S/C16H19BrFN3O2.C13H13BrFN3O.C3H7ClO.CH3F/c1-23-9-8-21-6-4-16(18,5-7-21)15-19-13-3-2-11(17)10-12(13)14(22)20-15;14-8-1-2-10-9(7-8)11(19)18-12(17-10)13(15)3-5-16-6-4-13;1-5-3-2-4;1-2/h2-3,10H,4-9H2,1H3,(H,19,20,22);1-2,7,16H,3-6H2,(H,17,18,19);2-3H2,1H3;1H3/i;;;1D. The minimum atomic E-state index is -1.58. The number of halogens is 6. The summed E-state index contributed by atoms with van der Waals surface area (Å²) in [7, 11) is 2.29. The maximum absolute atomic E-state index is 15.3. The second kappa shape index (κ2) is 19.8. The number of ether oxygens (including phenoxy) is 2. The van der Waals surface area contributed by atoms with E-state index in [9.17, 15) is 18.4 Å². The maximum Gasteiger partial charge on any atom is 0.258 e. The van der Waals surface area contributed by atoms with Gasteiger partial charge in [-0.15, -0.1) is 11.6 Å². The Morgan fingerprint density at radius 1 is 0.857 bits per heavy atom. The van der Waals surface area contributed by atoms with Crippen LogP contribution in [-0.2, 0) is 20.8 Å². The third-order valence-corrected chi connectivity index (χ3v) is 9.26. The number of nitrogens with one attached hydrogen (secondary N) is 3. The Bertz CT molecular complexity index is 1770. The molecule has 3 N–H and O–H groups in total. The Labute approximate surface area is 306 Å². The zero-order valence-corrected chi connectivity index (χ0v) is 31.3. The summed E-state index contributed by atoms with van der Waals surface area (Å²) in [5.74, 6) is 0.883. The van der Waals surface area contributed by atoms with Gasteiger partial charge in [-0.25, -0.2) is 18.7 Å². The van der Waals surface area contributed by atoms with Gasteiger partial charge in [0.2, 0.25) is 0 Å². The zero-order valence-electron chi connectivity index (χ0n) is 28.4. The minimum absolute atomic E-state index is 0.142. The molecule has 0 amide bonds. The van der Waals surface area contributed by atoms with E-state index in [1.807, 2.05) is 0 Å². The molecule has 16 heteroatoms. The molecule has 0 aliphatic carbocycles. The monoisotopic (exact) mass is 837 g/mol. The molecule has 49 heavy (non-hydrogen) atoms. The van der Waals surface area contributed by atoms with E-state index in [4.69, 9.17) is 17.7 Å². The second-order valence-corrected chi connectivity index (χ2v) is 13.6. The Balaban J connectivity index is 0.000000226. The highest BCUT2D eigenvalue weighted by atomic mass is 79.9. The van der Waals surface area contributed by atoms with Crippen LogP contribution in [0.1, 0.15) is 38.7 Å². The van der Waals surface area contributed by atoms with Crippen LogP contribution in [0.4, 0.5) is 13.2 Å². The molecule has 270 valence electrons. The lowest BCUT2D eigenvalue weighted by Gasteiger charge is -2.35. The molecule has 0 spiro atoms. The van der Waals surface area contributed by atoms with Gasteiger partial charge in [0.25, 0.3) is 11.1 Å². The smallest absolute Gasteiger partial charge is 0.258 e. The van der Waals surface area contributed by atoms with Crippen molar-refractivity contribution in [1.29, 1.82) is 0 Å². The SMILES string of the molecule is COCCCl.COCCN1CCC(F)(c2nc3ccc(Br)cc3c(=O)[nH]2)CC1.O=c1[nH]c(C2(F)CCNCC2)nc2ccc(Br)cc12.[2H]CF. The predicted molar refractivity (Wildman–Crippen MR) is 195 cm³/mol. The van der Waals surface area contributed by atoms with Gasteiger partial charge in [-0.05, 0) is 49.5 Å². The first-order valence-electron chi connectivity index (χ1n) is 16.2. The van der Waals surface area contributed by atoms with E-state index in [-0.39, 0.29) is 22.8 Å². The zero-order chi connectivity index (χ0) is 36.7. The van der Waals surface area contributed by atoms with Gasteiger partial charge < -0.3 is 29.7 Å². The van der Waals surface area contributed by atoms with Crippen molar-refractivity contribution in [2.75, 3.05) is 73.2 Å². The molecule has 2 saturated heterocycles. The van der Waals surface area contributed by atoms with Crippen LogP contribution in [0.15, 0.2) is 54.9 Å². The van der Waals surface area contributed by atoms with Crippen LogP contribution in [-0.4, -0.2) is 98.0 Å². The normalized spacial score (nSPS) is 17.1. The number of aromatic amines is 2. The fourth-order valence-electron chi connectivity index (χ4n) is 5.37. The summed E-state index contributed by atoms with van der Waals surface area (Å²) in [6.07, 6.45) is 1.30. The van der Waals surface area contributed by atoms with Gasteiger partial charge in [-0.2, -0.15) is 0 Å². The van der Waals surface area contributed by atoms with Crippen molar-refractivity contribution >= 4 is 65.3 Å². The molecule has 4 aromatic rings. The number of methoxy groups -OCH3 is 2. The number of alkyl halides is 4. The van der Waals surface area contributed by atoms with E-state index < -0.39 is 18.5 Å². The Hall–Kier alpha value is -2.40. The van der Waals surface area contributed by atoms with Crippen molar-refractivity contribution in [2.45, 2.75) is 37.0 Å². The summed E-state index contributed by atoms with van der Waals surface area (Å²) in [5, 5.41) is 4.03. The summed E-state index contributed by atoms with van der Waals surface area (Å²) in [6, 6.07) is 10.4. The Morgan fingerprint density at radius 3 is 1.71 bits per heavy atom. The summed E-state index contributed by atoms with van der Waals surface area (Å²) in [5.41, 5.74) is -2.67. The largest absolute Gasteiger partial charge is 0.383 e. The molecule has 2 aliphatic heterocycles. The van der Waals surface area contributed by atoms with Gasteiger partial charge in [-0.1, -0.05) is 31.9 Å². The minimum Gasteiger partial charge on any atom is -0.383 e. The van der Waals surface area contributed by atoms with Gasteiger partial charge in [0, 0.05) is 74.4 Å². The number of fused-ring (bicyclic) bond motifs is 2. The van der Waals surface area contributed by atoms with Gasteiger partial charge in [0.15, 0.2) is 11.3 Å². The van der Waals surface area contributed by atoms with Crippen LogP contribution in [0.3, 0.4) is 0 Å². The van der Waals surface area contributed by atoms with Crippen LogP contribution >= 0.6 is 43.5 Å². The molecule has 10 nitrogen and oxygen atoms in total. The first-order chi connectivity index (χ1) is 23.9. The fraction of sp³-hybridized carbons (Fsp3) is 0.515. The molecule has 2 aromatic heterocycles. The van der Waals surface area contributed by atoms with Crippen molar-refractivity contribution in [3.05, 3.63) is 77.7 Å². The number of H-pyrrole nitrogens is 2. The molecule has 0 bridgehead atoms. The molecular weight excluding hydrogens is 797 g/mol. The number of hydrogen-bond acceptors (Lipinski definition) is 8. The third-order valence-electron chi connectivity index (χ3n) is 8.12. The molecule has 0 unspecified atom stereocenters. The summed E-state index contributed by atoms with van der Waals surface area (Å²) in [4.78, 5) is 40.3. The van der Waals surface area contributed by atoms with E-state index in [1.54, 1.807) is 50.6 Å². The first kappa shape index (κ1) is 39.4. The molecule has 2 aliphatic rings. The number of hydrogen-bond donors (Lipinski definition) is 3. The highest BCUT2D eigenvalue weighted by molar-refractivity contribution is 9.10. The lowest BCUT2D eigenvalue weighted by Crippen LogP contribution is -2.42. The first-order valence-corrected chi connectivity index (χ1v) is 17.7. The maximum atomic E-state index is 15.3. The van der Waals surface area contributed by atoms with Crippen LogP contribution in [0.5, 0.6) is 0 Å². The fourth-order valence-corrected chi connectivity index (χ4v) is 6.25. The number of likely N-dealkylation sites (tertiary alicyclic amines) is 1. The van der Waals surface area contributed by atoms with Gasteiger partial charge in [-0.3, -0.25) is 14.0 Å². The van der Waals surface area contributed by atoms with Crippen molar-refractivity contribution in [3.8, 4) is 0 Å². The lowest BCUT2D eigenvalue weighted by atomic mass is 9.92. The van der Waals surface area contributed by atoms with Gasteiger partial charge in [0.1, 0.15) is 11.6 Å². The number of rotatable bonds is 7. The summed E-state index contributed by atoms with van der Waals surface area (Å²) >= 11 is 11.8. The number of benzene rings is 2. The summed E-state index contributed by atoms with van der Waals surface area (Å²) < 4.78 is 56.8. The van der Waals surface area contributed by atoms with Crippen LogP contribution in [0, 0.1) is 0 Å². The van der Waals surface area contributed by atoms with E-state index in [1.165, 1.54) is 0 Å². The topological polar surface area (TPSA) is 125 Å². The molecule has 0 saturated carbocycles. The molecule has 6 rings (SSSR count). The number of nitrogens with zero attached hydrogens (tertiary/aromatic N) is 3. The number of piperidine rings is 2. The van der Waals surface area contributed by atoms with E-state index in [0.29, 0.717) is 92.8 Å². The molecule has 2 aromatic carbocycles. The van der Waals surface area contributed by atoms with Crippen LogP contribution < -0.4 is 16.4 Å². The predicted octanol–water partition coefficient (Wildman–Crippen LogP) is 6.28. The van der Waals surface area contributed by atoms with E-state index in [2.05, 4.69) is 66.7 Å². The van der Waals surface area contributed by atoms with Crippen LogP contribution in [0.2, 0.25) is 0 Å². The number of aromatic nitrogens is 4. The molecule has 0 radical (unpaired) electrons. The Morgan fingerprint density at radius 2 is 1.31 bits per heavy atom. The highest BCUT2D eigenvalue weighted by Gasteiger charge is 2.39. The van der Waals surface area contributed by atoms with E-state index >= 15 is 4.39 Å². The lowest BCUT2D eigenvalue weighted by molar-refractivity contribution is 0.0372. The second-order valence-electron chi connectivity index (χ2n) is 11.3. The molecule has 0 atom stereocenters. The average Bonchev–Trinajstić information content (AvgIpc) is 3.10. The van der Waals surface area contributed by atoms with Crippen molar-refractivity contribution < 1.29 is 24.0 Å².